The Bertz CT molecular complexity index is 427. The Morgan fingerprint density at radius 3 is 2.89 bits per heavy atom. The smallest absolute Gasteiger partial charge is 0.129 e. The number of nitrogens with one attached hydrogen (secondary N) is 1. The molecule has 1 aliphatic rings. The highest BCUT2D eigenvalue weighted by Gasteiger charge is 2.33. The van der Waals surface area contributed by atoms with E-state index >= 15 is 0 Å². The van der Waals surface area contributed by atoms with Gasteiger partial charge in [0, 0.05) is 29.2 Å². The van der Waals surface area contributed by atoms with Crippen LogP contribution in [-0.2, 0) is 4.74 Å². The quantitative estimate of drug-likeness (QED) is 0.885. The van der Waals surface area contributed by atoms with Crippen molar-refractivity contribution in [3.8, 4) is 0 Å². The summed E-state index contributed by atoms with van der Waals surface area (Å²) in [6.45, 7) is 5.80. The first kappa shape index (κ1) is 14.8. The van der Waals surface area contributed by atoms with Crippen LogP contribution in [0.15, 0.2) is 18.2 Å². The van der Waals surface area contributed by atoms with Gasteiger partial charge < -0.3 is 10.1 Å². The van der Waals surface area contributed by atoms with Gasteiger partial charge in [0.2, 0.25) is 0 Å². The van der Waals surface area contributed by atoms with Crippen molar-refractivity contribution in [1.29, 1.82) is 0 Å². The molecule has 1 fully saturated rings. The minimum absolute atomic E-state index is 0.00489. The molecule has 0 aromatic heterocycles. The standard InChI is InChI=1S/C15H21ClFNO/c1-3-7-18-15(12-6-8-19-10(12)2)13-5-4-11(16)9-14(13)17/h4-5,9-10,12,15,18H,3,6-8H2,1-2H3. The molecule has 0 radical (unpaired) electrons. The highest BCUT2D eigenvalue weighted by atomic mass is 35.5. The van der Waals surface area contributed by atoms with Gasteiger partial charge in [0.25, 0.3) is 0 Å². The van der Waals surface area contributed by atoms with Crippen molar-refractivity contribution in [3.63, 3.8) is 0 Å². The van der Waals surface area contributed by atoms with Gasteiger partial charge in [-0.05, 0) is 38.4 Å². The van der Waals surface area contributed by atoms with Crippen LogP contribution in [0.1, 0.15) is 38.3 Å². The molecule has 1 heterocycles. The average molecular weight is 286 g/mol. The zero-order chi connectivity index (χ0) is 13.8. The third-order valence-corrected chi connectivity index (χ3v) is 4.01. The minimum atomic E-state index is -0.236. The maximum Gasteiger partial charge on any atom is 0.129 e. The van der Waals surface area contributed by atoms with Crippen LogP contribution in [0.5, 0.6) is 0 Å². The van der Waals surface area contributed by atoms with E-state index in [1.807, 2.05) is 0 Å². The largest absolute Gasteiger partial charge is 0.378 e. The highest BCUT2D eigenvalue weighted by molar-refractivity contribution is 6.30. The predicted molar refractivity (Wildman–Crippen MR) is 76.0 cm³/mol. The third kappa shape index (κ3) is 3.47. The SMILES string of the molecule is CCCNC(c1ccc(Cl)cc1F)C1CCOC1C. The van der Waals surface area contributed by atoms with E-state index in [2.05, 4.69) is 19.2 Å². The number of benzene rings is 1. The molecule has 3 unspecified atom stereocenters. The molecule has 0 aliphatic carbocycles. The molecule has 2 rings (SSSR count). The summed E-state index contributed by atoms with van der Waals surface area (Å²) in [5, 5.41) is 3.89. The lowest BCUT2D eigenvalue weighted by molar-refractivity contribution is 0.0949. The Hall–Kier alpha value is -0.640. The molecule has 4 heteroatoms. The summed E-state index contributed by atoms with van der Waals surface area (Å²) in [6, 6.07) is 4.92. The van der Waals surface area contributed by atoms with Crippen LogP contribution in [0.4, 0.5) is 4.39 Å². The second kappa shape index (κ2) is 6.69. The summed E-state index contributed by atoms with van der Waals surface area (Å²) in [7, 11) is 0. The van der Waals surface area contributed by atoms with Crippen LogP contribution in [-0.4, -0.2) is 19.3 Å². The van der Waals surface area contributed by atoms with E-state index in [1.165, 1.54) is 6.07 Å². The van der Waals surface area contributed by atoms with Crippen molar-refractivity contribution in [3.05, 3.63) is 34.6 Å². The summed E-state index contributed by atoms with van der Waals surface area (Å²) in [5.41, 5.74) is 0.695. The van der Waals surface area contributed by atoms with Gasteiger partial charge in [-0.25, -0.2) is 4.39 Å². The van der Waals surface area contributed by atoms with E-state index in [9.17, 15) is 4.39 Å². The topological polar surface area (TPSA) is 21.3 Å². The van der Waals surface area contributed by atoms with Crippen LogP contribution >= 0.6 is 11.6 Å². The van der Waals surface area contributed by atoms with Gasteiger partial charge in [0.1, 0.15) is 5.82 Å². The van der Waals surface area contributed by atoms with Crippen molar-refractivity contribution in [2.24, 2.45) is 5.92 Å². The molecule has 1 aromatic rings. The second-order valence-corrected chi connectivity index (χ2v) is 5.56. The number of hydrogen-bond acceptors (Lipinski definition) is 2. The van der Waals surface area contributed by atoms with E-state index in [-0.39, 0.29) is 18.0 Å². The first-order valence-corrected chi connectivity index (χ1v) is 7.31. The predicted octanol–water partition coefficient (Wildman–Crippen LogP) is 3.94. The van der Waals surface area contributed by atoms with Gasteiger partial charge >= 0.3 is 0 Å². The summed E-state index contributed by atoms with van der Waals surface area (Å²) in [6.07, 6.45) is 2.14. The summed E-state index contributed by atoms with van der Waals surface area (Å²) in [4.78, 5) is 0. The number of rotatable bonds is 5. The molecular formula is C15H21ClFNO. The monoisotopic (exact) mass is 285 g/mol. The Morgan fingerprint density at radius 1 is 1.53 bits per heavy atom. The van der Waals surface area contributed by atoms with Gasteiger partial charge in [-0.2, -0.15) is 0 Å². The van der Waals surface area contributed by atoms with E-state index in [0.717, 1.165) is 26.0 Å². The zero-order valence-electron chi connectivity index (χ0n) is 11.5. The Balaban J connectivity index is 2.25. The van der Waals surface area contributed by atoms with Gasteiger partial charge in [0.05, 0.1) is 6.10 Å². The molecule has 106 valence electrons. The maximum atomic E-state index is 14.1. The first-order chi connectivity index (χ1) is 9.13. The second-order valence-electron chi connectivity index (χ2n) is 5.13. The van der Waals surface area contributed by atoms with Gasteiger partial charge in [-0.15, -0.1) is 0 Å². The lowest BCUT2D eigenvalue weighted by Crippen LogP contribution is -2.33. The minimum Gasteiger partial charge on any atom is -0.378 e. The fourth-order valence-electron chi connectivity index (χ4n) is 2.73. The lowest BCUT2D eigenvalue weighted by atomic mass is 9.88. The molecule has 1 N–H and O–H groups in total. The highest BCUT2D eigenvalue weighted by Crippen LogP contribution is 2.35. The first-order valence-electron chi connectivity index (χ1n) is 6.93. The molecule has 0 amide bonds. The third-order valence-electron chi connectivity index (χ3n) is 3.77. The van der Waals surface area contributed by atoms with Crippen molar-refractivity contribution in [2.75, 3.05) is 13.2 Å². The van der Waals surface area contributed by atoms with Crippen molar-refractivity contribution in [1.82, 2.24) is 5.32 Å². The van der Waals surface area contributed by atoms with Crippen LogP contribution in [0.2, 0.25) is 5.02 Å². The molecule has 19 heavy (non-hydrogen) atoms. The van der Waals surface area contributed by atoms with E-state index in [0.29, 0.717) is 16.5 Å². The fourth-order valence-corrected chi connectivity index (χ4v) is 2.89. The molecule has 1 saturated heterocycles. The maximum absolute atomic E-state index is 14.1. The Morgan fingerprint density at radius 2 is 2.32 bits per heavy atom. The zero-order valence-corrected chi connectivity index (χ0v) is 12.2. The van der Waals surface area contributed by atoms with Gasteiger partial charge in [-0.1, -0.05) is 24.6 Å². The molecule has 0 saturated carbocycles. The van der Waals surface area contributed by atoms with Gasteiger partial charge in [0.15, 0.2) is 0 Å². The van der Waals surface area contributed by atoms with Crippen LogP contribution in [0.25, 0.3) is 0 Å². The molecule has 0 spiro atoms. The normalized spacial score (nSPS) is 24.6. The lowest BCUT2D eigenvalue weighted by Gasteiger charge is -2.27. The van der Waals surface area contributed by atoms with Crippen LogP contribution in [0, 0.1) is 11.7 Å². The fraction of sp³-hybridized carbons (Fsp3) is 0.600. The molecular weight excluding hydrogens is 265 g/mol. The van der Waals surface area contributed by atoms with Crippen LogP contribution in [0.3, 0.4) is 0 Å². The molecule has 3 atom stereocenters. The van der Waals surface area contributed by atoms with Crippen molar-refractivity contribution >= 4 is 11.6 Å². The number of halogens is 2. The summed E-state index contributed by atoms with van der Waals surface area (Å²) in [5.74, 6) is 0.0717. The number of hydrogen-bond donors (Lipinski definition) is 1. The molecule has 0 bridgehead atoms. The summed E-state index contributed by atoms with van der Waals surface area (Å²) >= 11 is 5.83. The Labute approximate surface area is 119 Å². The van der Waals surface area contributed by atoms with E-state index in [1.54, 1.807) is 12.1 Å². The Kier molecular flexibility index (Phi) is 5.20. The number of ether oxygens (including phenoxy) is 1. The van der Waals surface area contributed by atoms with E-state index in [4.69, 9.17) is 16.3 Å². The average Bonchev–Trinajstić information content (AvgIpc) is 2.78. The van der Waals surface area contributed by atoms with Crippen molar-refractivity contribution in [2.45, 2.75) is 38.8 Å². The molecule has 1 aromatic carbocycles. The van der Waals surface area contributed by atoms with Crippen LogP contribution < -0.4 is 5.32 Å². The van der Waals surface area contributed by atoms with Gasteiger partial charge in [-0.3, -0.25) is 0 Å². The molecule has 1 aliphatic heterocycles. The van der Waals surface area contributed by atoms with E-state index < -0.39 is 0 Å². The molecule has 2 nitrogen and oxygen atoms in total. The van der Waals surface area contributed by atoms with Crippen molar-refractivity contribution < 1.29 is 9.13 Å². The summed E-state index contributed by atoms with van der Waals surface area (Å²) < 4.78 is 19.8.